The standard InChI is InChI=1S/C12H19NO2S/c1-2-3-4-7-10-16(14,15)12-9-6-5-8-11(12)13/h5-6,8-9H,2-4,7,10,13H2,1H3. The van der Waals surface area contributed by atoms with Crippen molar-refractivity contribution in [2.24, 2.45) is 0 Å². The molecule has 0 bridgehead atoms. The number of rotatable bonds is 6. The van der Waals surface area contributed by atoms with Crippen molar-refractivity contribution in [2.75, 3.05) is 11.5 Å². The van der Waals surface area contributed by atoms with Gasteiger partial charge in [-0.1, -0.05) is 38.3 Å². The zero-order valence-corrected chi connectivity index (χ0v) is 10.5. The van der Waals surface area contributed by atoms with Crippen molar-refractivity contribution in [2.45, 2.75) is 37.5 Å². The van der Waals surface area contributed by atoms with Gasteiger partial charge >= 0.3 is 0 Å². The molecular weight excluding hydrogens is 222 g/mol. The molecular formula is C12H19NO2S. The van der Waals surface area contributed by atoms with Crippen molar-refractivity contribution in [3.05, 3.63) is 24.3 Å². The molecule has 0 fully saturated rings. The van der Waals surface area contributed by atoms with Gasteiger partial charge in [0.25, 0.3) is 0 Å². The number of hydrogen-bond acceptors (Lipinski definition) is 3. The lowest BCUT2D eigenvalue weighted by molar-refractivity contribution is 0.589. The molecule has 16 heavy (non-hydrogen) atoms. The lowest BCUT2D eigenvalue weighted by Gasteiger charge is -2.06. The van der Waals surface area contributed by atoms with Crippen LogP contribution in [0, 0.1) is 0 Å². The van der Waals surface area contributed by atoms with Gasteiger partial charge < -0.3 is 5.73 Å². The van der Waals surface area contributed by atoms with Crippen molar-refractivity contribution in [1.82, 2.24) is 0 Å². The first-order chi connectivity index (χ1) is 7.58. The third-order valence-corrected chi connectivity index (χ3v) is 4.39. The second-order valence-electron chi connectivity index (χ2n) is 3.92. The molecule has 0 aliphatic heterocycles. The van der Waals surface area contributed by atoms with Crippen LogP contribution in [0.25, 0.3) is 0 Å². The van der Waals surface area contributed by atoms with Gasteiger partial charge in [-0.3, -0.25) is 0 Å². The van der Waals surface area contributed by atoms with E-state index in [-0.39, 0.29) is 10.6 Å². The number of sulfone groups is 1. The third kappa shape index (κ3) is 3.52. The molecule has 0 aromatic heterocycles. The molecule has 0 amide bonds. The van der Waals surface area contributed by atoms with Gasteiger partial charge in [0.2, 0.25) is 0 Å². The number of benzene rings is 1. The summed E-state index contributed by atoms with van der Waals surface area (Å²) in [5.74, 6) is 0.196. The second-order valence-corrected chi connectivity index (χ2v) is 5.99. The molecule has 0 radical (unpaired) electrons. The fourth-order valence-corrected chi connectivity index (χ4v) is 3.11. The summed E-state index contributed by atoms with van der Waals surface area (Å²) in [5.41, 5.74) is 6.00. The van der Waals surface area contributed by atoms with Crippen LogP contribution in [-0.4, -0.2) is 14.2 Å². The maximum absolute atomic E-state index is 11.9. The molecule has 0 saturated heterocycles. The molecule has 0 aliphatic rings. The molecule has 0 unspecified atom stereocenters. The number of anilines is 1. The van der Waals surface area contributed by atoms with Gasteiger partial charge in [0.05, 0.1) is 16.3 Å². The Hall–Kier alpha value is -1.03. The van der Waals surface area contributed by atoms with Crippen LogP contribution in [0.2, 0.25) is 0 Å². The highest BCUT2D eigenvalue weighted by atomic mass is 32.2. The molecule has 1 aromatic rings. The normalized spacial score (nSPS) is 11.6. The second kappa shape index (κ2) is 5.89. The lowest BCUT2D eigenvalue weighted by Crippen LogP contribution is -2.09. The number of nitrogens with two attached hydrogens (primary N) is 1. The predicted molar refractivity (Wildman–Crippen MR) is 67.0 cm³/mol. The first-order valence-corrected chi connectivity index (χ1v) is 7.30. The van der Waals surface area contributed by atoms with E-state index in [1.165, 1.54) is 0 Å². The van der Waals surface area contributed by atoms with Crippen LogP contribution in [0.4, 0.5) is 5.69 Å². The minimum absolute atomic E-state index is 0.196. The van der Waals surface area contributed by atoms with Gasteiger partial charge in [-0.2, -0.15) is 0 Å². The molecule has 0 spiro atoms. The van der Waals surface area contributed by atoms with Crippen LogP contribution in [0.5, 0.6) is 0 Å². The van der Waals surface area contributed by atoms with E-state index in [0.717, 1.165) is 19.3 Å². The van der Waals surface area contributed by atoms with Gasteiger partial charge in [0, 0.05) is 0 Å². The summed E-state index contributed by atoms with van der Waals surface area (Å²) >= 11 is 0. The summed E-state index contributed by atoms with van der Waals surface area (Å²) in [4.78, 5) is 0.270. The van der Waals surface area contributed by atoms with E-state index >= 15 is 0 Å². The van der Waals surface area contributed by atoms with Gasteiger partial charge in [-0.05, 0) is 18.6 Å². The van der Waals surface area contributed by atoms with Gasteiger partial charge in [-0.25, -0.2) is 8.42 Å². The summed E-state index contributed by atoms with van der Waals surface area (Å²) in [6.07, 6.45) is 3.86. The zero-order chi connectivity index (χ0) is 12.0. The highest BCUT2D eigenvalue weighted by Gasteiger charge is 2.16. The topological polar surface area (TPSA) is 60.2 Å². The minimum Gasteiger partial charge on any atom is -0.398 e. The Labute approximate surface area is 97.6 Å². The maximum atomic E-state index is 11.9. The minimum atomic E-state index is -3.20. The average Bonchev–Trinajstić information content (AvgIpc) is 2.25. The molecule has 1 aromatic carbocycles. The Morgan fingerprint density at radius 2 is 1.81 bits per heavy atom. The molecule has 4 heteroatoms. The van der Waals surface area contributed by atoms with Crippen LogP contribution in [0.15, 0.2) is 29.2 Å². The molecule has 0 aliphatic carbocycles. The molecule has 1 rings (SSSR count). The lowest BCUT2D eigenvalue weighted by atomic mass is 10.2. The van der Waals surface area contributed by atoms with E-state index in [1.807, 2.05) is 0 Å². The van der Waals surface area contributed by atoms with Crippen molar-refractivity contribution >= 4 is 15.5 Å². The van der Waals surface area contributed by atoms with Gasteiger partial charge in [0.15, 0.2) is 9.84 Å². The Bertz CT molecular complexity index is 426. The van der Waals surface area contributed by atoms with Crippen molar-refractivity contribution in [3.8, 4) is 0 Å². The van der Waals surface area contributed by atoms with Crippen molar-refractivity contribution in [3.63, 3.8) is 0 Å². The van der Waals surface area contributed by atoms with E-state index in [1.54, 1.807) is 24.3 Å². The Morgan fingerprint density at radius 1 is 1.12 bits per heavy atom. The van der Waals surface area contributed by atoms with Gasteiger partial charge in [-0.15, -0.1) is 0 Å². The van der Waals surface area contributed by atoms with E-state index < -0.39 is 9.84 Å². The number of para-hydroxylation sites is 1. The number of nitrogen functional groups attached to an aromatic ring is 1. The highest BCUT2D eigenvalue weighted by molar-refractivity contribution is 7.91. The van der Waals surface area contributed by atoms with Crippen molar-refractivity contribution in [1.29, 1.82) is 0 Å². The summed E-state index contributed by atoms with van der Waals surface area (Å²) in [6, 6.07) is 6.64. The summed E-state index contributed by atoms with van der Waals surface area (Å²) < 4.78 is 23.9. The Balaban J connectivity index is 2.68. The van der Waals surface area contributed by atoms with Gasteiger partial charge in [0.1, 0.15) is 0 Å². The van der Waals surface area contributed by atoms with Crippen LogP contribution < -0.4 is 5.73 Å². The molecule has 0 saturated carbocycles. The maximum Gasteiger partial charge on any atom is 0.180 e. The summed E-state index contributed by atoms with van der Waals surface area (Å²) in [5, 5.41) is 0. The molecule has 2 N–H and O–H groups in total. The summed E-state index contributed by atoms with van der Waals surface area (Å²) in [6.45, 7) is 2.10. The number of unbranched alkanes of at least 4 members (excludes halogenated alkanes) is 3. The number of hydrogen-bond donors (Lipinski definition) is 1. The van der Waals surface area contributed by atoms with Crippen LogP contribution in [-0.2, 0) is 9.84 Å². The fraction of sp³-hybridized carbons (Fsp3) is 0.500. The average molecular weight is 241 g/mol. The summed E-state index contributed by atoms with van der Waals surface area (Å²) in [7, 11) is -3.20. The Morgan fingerprint density at radius 3 is 2.44 bits per heavy atom. The first-order valence-electron chi connectivity index (χ1n) is 5.65. The molecule has 0 heterocycles. The van der Waals surface area contributed by atoms with Crippen molar-refractivity contribution < 1.29 is 8.42 Å². The third-order valence-electron chi connectivity index (χ3n) is 2.52. The van der Waals surface area contributed by atoms with Crippen LogP contribution in [0.1, 0.15) is 32.6 Å². The predicted octanol–water partition coefficient (Wildman–Crippen LogP) is 2.62. The van der Waals surface area contributed by atoms with E-state index in [0.29, 0.717) is 12.1 Å². The SMILES string of the molecule is CCCCCCS(=O)(=O)c1ccccc1N. The molecule has 90 valence electrons. The van der Waals surface area contributed by atoms with E-state index in [2.05, 4.69) is 6.92 Å². The molecule has 3 nitrogen and oxygen atoms in total. The van der Waals surface area contributed by atoms with E-state index in [9.17, 15) is 8.42 Å². The monoisotopic (exact) mass is 241 g/mol. The molecule has 0 atom stereocenters. The fourth-order valence-electron chi connectivity index (χ4n) is 1.59. The smallest absolute Gasteiger partial charge is 0.180 e. The van der Waals surface area contributed by atoms with Crippen LogP contribution in [0.3, 0.4) is 0 Å². The Kier molecular flexibility index (Phi) is 4.80. The zero-order valence-electron chi connectivity index (χ0n) is 9.65. The quantitative estimate of drug-likeness (QED) is 0.615. The van der Waals surface area contributed by atoms with E-state index in [4.69, 9.17) is 5.73 Å². The highest BCUT2D eigenvalue weighted by Crippen LogP contribution is 2.19. The van der Waals surface area contributed by atoms with Crippen LogP contribution >= 0.6 is 0 Å². The largest absolute Gasteiger partial charge is 0.398 e. The first kappa shape index (κ1) is 13.0.